The van der Waals surface area contributed by atoms with Gasteiger partial charge in [0.05, 0.1) is 14.7 Å². The summed E-state index contributed by atoms with van der Waals surface area (Å²) in [6, 6.07) is 19.8. The highest BCUT2D eigenvalue weighted by Crippen LogP contribution is 2.23. The molecule has 0 radical (unpaired) electrons. The van der Waals surface area contributed by atoms with E-state index in [0.717, 1.165) is 16.7 Å². The first kappa shape index (κ1) is 22.4. The maximum absolute atomic E-state index is 12.7. The first-order valence-electron chi connectivity index (χ1n) is 9.80. The Balaban J connectivity index is 2.45. The molecule has 5 heteroatoms. The molecule has 0 heterocycles. The molecule has 0 unspecified atom stereocenters. The molecule has 152 valence electrons. The zero-order chi connectivity index (χ0) is 21.3. The van der Waals surface area contributed by atoms with E-state index in [0.29, 0.717) is 6.17 Å². The average molecular weight is 408 g/mol. The van der Waals surface area contributed by atoms with E-state index in [9.17, 15) is 9.59 Å². The van der Waals surface area contributed by atoms with Crippen LogP contribution in [0.2, 0.25) is 19.6 Å². The molecule has 0 fully saturated rings. The van der Waals surface area contributed by atoms with Crippen molar-refractivity contribution in [2.45, 2.75) is 26.6 Å². The number of nitrogens with one attached hydrogen (secondary N) is 1. The maximum atomic E-state index is 12.7. The molecular formula is C24H29NO3Si. The Morgan fingerprint density at radius 1 is 0.897 bits per heavy atom. The van der Waals surface area contributed by atoms with Gasteiger partial charge in [-0.15, -0.1) is 0 Å². The lowest BCUT2D eigenvalue weighted by atomic mass is 9.97. The van der Waals surface area contributed by atoms with E-state index in [1.807, 2.05) is 66.7 Å². The number of hydrogen-bond acceptors (Lipinski definition) is 3. The first-order valence-corrected chi connectivity index (χ1v) is 13.5. The van der Waals surface area contributed by atoms with Gasteiger partial charge in [0, 0.05) is 6.17 Å². The van der Waals surface area contributed by atoms with Crippen LogP contribution in [0.1, 0.15) is 18.1 Å². The Labute approximate surface area is 174 Å². The fourth-order valence-corrected chi connectivity index (χ4v) is 3.34. The fraction of sp³-hybridized carbons (Fsp3) is 0.250. The summed E-state index contributed by atoms with van der Waals surface area (Å²) in [7, 11) is -1.50. The second-order valence-electron chi connectivity index (χ2n) is 7.86. The van der Waals surface area contributed by atoms with E-state index in [1.54, 1.807) is 13.0 Å². The third-order valence-corrected chi connectivity index (χ3v) is 5.34. The second kappa shape index (κ2) is 10.6. The summed E-state index contributed by atoms with van der Waals surface area (Å²) >= 11 is 0. The van der Waals surface area contributed by atoms with Crippen molar-refractivity contribution in [2.75, 3.05) is 12.8 Å². The van der Waals surface area contributed by atoms with Gasteiger partial charge in [0.2, 0.25) is 0 Å². The van der Waals surface area contributed by atoms with Crippen LogP contribution in [-0.2, 0) is 14.3 Å². The van der Waals surface area contributed by atoms with Crippen molar-refractivity contribution < 1.29 is 14.3 Å². The van der Waals surface area contributed by atoms with Crippen LogP contribution in [-0.4, -0.2) is 32.7 Å². The smallest absolute Gasteiger partial charge is 0.343 e. The number of esters is 1. The Kier molecular flexibility index (Phi) is 8.16. The highest BCUT2D eigenvalue weighted by atomic mass is 28.3. The van der Waals surface area contributed by atoms with Crippen molar-refractivity contribution in [3.8, 4) is 0 Å². The van der Waals surface area contributed by atoms with Crippen LogP contribution in [0.25, 0.3) is 5.57 Å². The molecule has 2 rings (SSSR count). The van der Waals surface area contributed by atoms with E-state index < -0.39 is 20.0 Å². The number of carbonyl (C=O) groups is 2. The van der Waals surface area contributed by atoms with Crippen LogP contribution in [0.4, 0.5) is 0 Å². The lowest BCUT2D eigenvalue weighted by molar-refractivity contribution is -0.140. The molecule has 0 aliphatic rings. The molecule has 29 heavy (non-hydrogen) atoms. The van der Waals surface area contributed by atoms with Gasteiger partial charge < -0.3 is 10.1 Å². The monoisotopic (exact) mass is 407 g/mol. The summed E-state index contributed by atoms with van der Waals surface area (Å²) in [6.07, 6.45) is 3.97. The number of rotatable bonds is 8. The minimum atomic E-state index is -1.50. The number of allylic oxidation sites excluding steroid dienone is 2. The zero-order valence-electron chi connectivity index (χ0n) is 17.6. The molecule has 0 aliphatic heterocycles. The summed E-state index contributed by atoms with van der Waals surface area (Å²) in [4.78, 5) is 25.1. The van der Waals surface area contributed by atoms with Gasteiger partial charge in [0.1, 0.15) is 5.57 Å². The summed E-state index contributed by atoms with van der Waals surface area (Å²) in [6.45, 7) is 8.41. The second-order valence-corrected chi connectivity index (χ2v) is 13.3. The lowest BCUT2D eigenvalue weighted by Gasteiger charge is -2.17. The van der Waals surface area contributed by atoms with Crippen molar-refractivity contribution in [2.24, 2.45) is 0 Å². The van der Waals surface area contributed by atoms with Crippen molar-refractivity contribution >= 4 is 25.5 Å². The summed E-state index contributed by atoms with van der Waals surface area (Å²) < 4.78 is 5.11. The highest BCUT2D eigenvalue weighted by Gasteiger charge is 2.21. The third-order valence-electron chi connectivity index (χ3n) is 4.11. The van der Waals surface area contributed by atoms with Crippen LogP contribution in [0.3, 0.4) is 0 Å². The van der Waals surface area contributed by atoms with Gasteiger partial charge >= 0.3 is 5.97 Å². The van der Waals surface area contributed by atoms with Crippen LogP contribution in [0.5, 0.6) is 0 Å². The van der Waals surface area contributed by atoms with Crippen molar-refractivity contribution in [1.29, 1.82) is 0 Å². The molecule has 0 saturated carbocycles. The standard InChI is InChI=1S/C24H29NO3Si/c1-5-28-24(27)22(23(26)25-18-29(2,3)4)17-16-21(19-12-8-6-9-13-19)20-14-10-7-11-15-20/h6-17H,5,18H2,1-4H3,(H,25,26)/b22-17+. The van der Waals surface area contributed by atoms with Crippen LogP contribution < -0.4 is 5.32 Å². The summed E-state index contributed by atoms with van der Waals surface area (Å²) in [5.74, 6) is -1.01. The van der Waals surface area contributed by atoms with Gasteiger partial charge in [-0.05, 0) is 29.7 Å². The normalized spacial score (nSPS) is 11.5. The van der Waals surface area contributed by atoms with E-state index in [2.05, 4.69) is 25.0 Å². The van der Waals surface area contributed by atoms with E-state index in [1.165, 1.54) is 0 Å². The predicted octanol–water partition coefficient (Wildman–Crippen LogP) is 4.60. The van der Waals surface area contributed by atoms with Gasteiger partial charge in [-0.3, -0.25) is 4.79 Å². The molecule has 0 saturated heterocycles. The highest BCUT2D eigenvalue weighted by molar-refractivity contribution is 6.76. The molecule has 2 aromatic rings. The number of ether oxygens (including phenoxy) is 1. The molecular weight excluding hydrogens is 378 g/mol. The summed E-state index contributed by atoms with van der Waals surface area (Å²) in [5, 5.41) is 2.89. The molecule has 1 N–H and O–H groups in total. The van der Waals surface area contributed by atoms with Crippen molar-refractivity contribution in [3.05, 3.63) is 89.5 Å². The zero-order valence-corrected chi connectivity index (χ0v) is 18.6. The number of amides is 1. The van der Waals surface area contributed by atoms with Gasteiger partial charge in [0.25, 0.3) is 5.91 Å². The average Bonchev–Trinajstić information content (AvgIpc) is 2.70. The van der Waals surface area contributed by atoms with E-state index in [4.69, 9.17) is 4.74 Å². The Morgan fingerprint density at radius 3 is 1.86 bits per heavy atom. The molecule has 1 amide bonds. The predicted molar refractivity (Wildman–Crippen MR) is 121 cm³/mol. The van der Waals surface area contributed by atoms with E-state index >= 15 is 0 Å². The molecule has 4 nitrogen and oxygen atoms in total. The Hall–Kier alpha value is -2.92. The number of hydrogen-bond donors (Lipinski definition) is 1. The maximum Gasteiger partial charge on any atom is 0.343 e. The van der Waals surface area contributed by atoms with Gasteiger partial charge in [-0.25, -0.2) is 4.79 Å². The summed E-state index contributed by atoms with van der Waals surface area (Å²) in [5.41, 5.74) is 2.93. The van der Waals surface area contributed by atoms with Gasteiger partial charge in [-0.2, -0.15) is 0 Å². The van der Waals surface area contributed by atoms with Crippen LogP contribution in [0.15, 0.2) is 78.4 Å². The SMILES string of the molecule is CCOC(=O)/C(=C/C=C(c1ccccc1)c1ccccc1)C(=O)NC[Si](C)(C)C. The minimum Gasteiger partial charge on any atom is -0.462 e. The topological polar surface area (TPSA) is 55.4 Å². The molecule has 0 aromatic heterocycles. The van der Waals surface area contributed by atoms with Gasteiger partial charge in [-0.1, -0.05) is 86.4 Å². The lowest BCUT2D eigenvalue weighted by Crippen LogP contribution is -2.41. The number of carbonyl (C=O) groups excluding carboxylic acids is 2. The van der Waals surface area contributed by atoms with Crippen LogP contribution in [0, 0.1) is 0 Å². The molecule has 0 aliphatic carbocycles. The third kappa shape index (κ3) is 7.20. The molecule has 2 aromatic carbocycles. The molecule has 0 atom stereocenters. The molecule has 0 spiro atoms. The Bertz CT molecular complexity index is 840. The van der Waals surface area contributed by atoms with Gasteiger partial charge in [0.15, 0.2) is 0 Å². The largest absolute Gasteiger partial charge is 0.462 e. The number of benzene rings is 2. The van der Waals surface area contributed by atoms with Crippen LogP contribution >= 0.6 is 0 Å². The minimum absolute atomic E-state index is 0.00876. The fourth-order valence-electron chi connectivity index (χ4n) is 2.65. The van der Waals surface area contributed by atoms with Crippen molar-refractivity contribution in [3.63, 3.8) is 0 Å². The first-order chi connectivity index (χ1) is 13.8. The Morgan fingerprint density at radius 2 is 1.41 bits per heavy atom. The molecule has 0 bridgehead atoms. The van der Waals surface area contributed by atoms with E-state index in [-0.39, 0.29) is 12.2 Å². The quantitative estimate of drug-likeness (QED) is 0.174. The van der Waals surface area contributed by atoms with Crippen molar-refractivity contribution in [1.82, 2.24) is 5.32 Å².